The van der Waals surface area contributed by atoms with Gasteiger partial charge in [-0.05, 0) is 29.8 Å². The molecule has 5 heteroatoms. The molecule has 21 heavy (non-hydrogen) atoms. The highest BCUT2D eigenvalue weighted by molar-refractivity contribution is 5.97. The zero-order valence-corrected chi connectivity index (χ0v) is 11.2. The number of ether oxygens (including phenoxy) is 3. The van der Waals surface area contributed by atoms with E-state index >= 15 is 0 Å². The van der Waals surface area contributed by atoms with Crippen LogP contribution < -0.4 is 9.47 Å². The van der Waals surface area contributed by atoms with Gasteiger partial charge >= 0.3 is 0 Å². The highest BCUT2D eigenvalue weighted by atomic mass is 19.1. The fourth-order valence-electron chi connectivity index (χ4n) is 2.06. The third kappa shape index (κ3) is 3.03. The first-order valence-electron chi connectivity index (χ1n) is 6.48. The molecule has 2 aromatic carbocycles. The molecule has 0 spiro atoms. The van der Waals surface area contributed by atoms with Crippen molar-refractivity contribution in [2.45, 2.75) is 6.61 Å². The Kier molecular flexibility index (Phi) is 3.83. The van der Waals surface area contributed by atoms with Gasteiger partial charge in [-0.15, -0.1) is 0 Å². The number of Topliss-reactive ketones (excluding diaryl/α,β-unsaturated/α-hetero) is 1. The summed E-state index contributed by atoms with van der Waals surface area (Å²) in [5, 5.41) is 0. The second-order valence-corrected chi connectivity index (χ2v) is 4.58. The van der Waals surface area contributed by atoms with Crippen LogP contribution in [0.2, 0.25) is 0 Å². The molecule has 2 aromatic rings. The topological polar surface area (TPSA) is 44.8 Å². The molecule has 0 saturated carbocycles. The number of fused-ring (bicyclic) bond motifs is 1. The molecule has 1 aliphatic heterocycles. The maximum atomic E-state index is 13.4. The maximum Gasteiger partial charge on any atom is 0.231 e. The summed E-state index contributed by atoms with van der Waals surface area (Å²) < 4.78 is 29.2. The van der Waals surface area contributed by atoms with Crippen LogP contribution in [0.5, 0.6) is 11.5 Å². The van der Waals surface area contributed by atoms with Crippen molar-refractivity contribution in [3.63, 3.8) is 0 Å². The highest BCUT2D eigenvalue weighted by Crippen LogP contribution is 2.32. The van der Waals surface area contributed by atoms with Crippen LogP contribution in [0, 0.1) is 5.82 Å². The lowest BCUT2D eigenvalue weighted by molar-refractivity contribution is 0.0722. The average molecular weight is 288 g/mol. The smallest absolute Gasteiger partial charge is 0.231 e. The Morgan fingerprint density at radius 1 is 1.14 bits per heavy atom. The van der Waals surface area contributed by atoms with Crippen molar-refractivity contribution in [3.05, 3.63) is 59.4 Å². The summed E-state index contributed by atoms with van der Waals surface area (Å²) in [5.74, 6) is 0.445. The van der Waals surface area contributed by atoms with E-state index in [4.69, 9.17) is 14.2 Å². The third-order valence-corrected chi connectivity index (χ3v) is 3.11. The summed E-state index contributed by atoms with van der Waals surface area (Å²) in [4.78, 5) is 11.8. The summed E-state index contributed by atoms with van der Waals surface area (Å²) in [5.41, 5.74) is 0.906. The summed E-state index contributed by atoms with van der Waals surface area (Å²) in [6.07, 6.45) is 0. The molecule has 0 unspecified atom stereocenters. The van der Waals surface area contributed by atoms with Crippen LogP contribution in [-0.2, 0) is 11.3 Å². The van der Waals surface area contributed by atoms with E-state index in [0.29, 0.717) is 11.5 Å². The van der Waals surface area contributed by atoms with Crippen molar-refractivity contribution in [1.82, 2.24) is 0 Å². The lowest BCUT2D eigenvalue weighted by atomic mass is 10.1. The van der Waals surface area contributed by atoms with Gasteiger partial charge in [0.1, 0.15) is 12.4 Å². The molecule has 1 heterocycles. The summed E-state index contributed by atoms with van der Waals surface area (Å²) in [7, 11) is 0. The lowest BCUT2D eigenvalue weighted by Crippen LogP contribution is -2.10. The molecular formula is C16H13FO4. The van der Waals surface area contributed by atoms with Crippen molar-refractivity contribution in [2.75, 3.05) is 13.4 Å². The van der Waals surface area contributed by atoms with Crippen LogP contribution >= 0.6 is 0 Å². The first-order valence-corrected chi connectivity index (χ1v) is 6.48. The van der Waals surface area contributed by atoms with Crippen LogP contribution in [0.4, 0.5) is 4.39 Å². The average Bonchev–Trinajstić information content (AvgIpc) is 2.95. The number of halogens is 1. The van der Waals surface area contributed by atoms with Crippen LogP contribution in [-0.4, -0.2) is 19.2 Å². The molecule has 0 radical (unpaired) electrons. The summed E-state index contributed by atoms with van der Waals surface area (Å²) in [6, 6.07) is 11.3. The number of carbonyl (C=O) groups is 1. The molecule has 1 aliphatic rings. The Hall–Kier alpha value is -2.40. The van der Waals surface area contributed by atoms with E-state index in [1.54, 1.807) is 24.3 Å². The zero-order chi connectivity index (χ0) is 14.7. The van der Waals surface area contributed by atoms with E-state index < -0.39 is 5.82 Å². The van der Waals surface area contributed by atoms with Gasteiger partial charge in [0.05, 0.1) is 12.2 Å². The molecule has 0 bridgehead atoms. The Morgan fingerprint density at radius 3 is 2.81 bits per heavy atom. The molecule has 4 nitrogen and oxygen atoms in total. The van der Waals surface area contributed by atoms with Gasteiger partial charge in [0.15, 0.2) is 17.3 Å². The first-order chi connectivity index (χ1) is 10.2. The monoisotopic (exact) mass is 288 g/mol. The number of hydrogen-bond acceptors (Lipinski definition) is 4. The van der Waals surface area contributed by atoms with E-state index in [9.17, 15) is 9.18 Å². The highest BCUT2D eigenvalue weighted by Gasteiger charge is 2.14. The fourth-order valence-corrected chi connectivity index (χ4v) is 2.06. The Bertz CT molecular complexity index is 669. The second-order valence-electron chi connectivity index (χ2n) is 4.58. The zero-order valence-electron chi connectivity index (χ0n) is 11.2. The summed E-state index contributed by atoms with van der Waals surface area (Å²) in [6.45, 7) is 0.289. The SMILES string of the molecule is O=C(COCc1ccc2c(c1)OCO2)c1ccccc1F. The van der Waals surface area contributed by atoms with Crippen molar-refractivity contribution in [2.24, 2.45) is 0 Å². The van der Waals surface area contributed by atoms with Gasteiger partial charge < -0.3 is 14.2 Å². The third-order valence-electron chi connectivity index (χ3n) is 3.11. The molecular weight excluding hydrogens is 275 g/mol. The van der Waals surface area contributed by atoms with Crippen molar-refractivity contribution in [3.8, 4) is 11.5 Å². The number of ketones is 1. The number of benzene rings is 2. The molecule has 0 aliphatic carbocycles. The molecule has 3 rings (SSSR count). The van der Waals surface area contributed by atoms with Crippen molar-refractivity contribution in [1.29, 1.82) is 0 Å². The van der Waals surface area contributed by atoms with Gasteiger partial charge in [0.2, 0.25) is 6.79 Å². The van der Waals surface area contributed by atoms with Crippen LogP contribution in [0.3, 0.4) is 0 Å². The standard InChI is InChI=1S/C16H13FO4/c17-13-4-2-1-3-12(13)14(18)9-19-8-11-5-6-15-16(7-11)21-10-20-15/h1-7H,8-10H2. The Labute approximate surface area is 121 Å². The molecule has 0 fully saturated rings. The van der Waals surface area contributed by atoms with Gasteiger partial charge in [-0.2, -0.15) is 0 Å². The van der Waals surface area contributed by atoms with Gasteiger partial charge in [-0.3, -0.25) is 4.79 Å². The number of hydrogen-bond donors (Lipinski definition) is 0. The predicted octanol–water partition coefficient (Wildman–Crippen LogP) is 2.95. The van der Waals surface area contributed by atoms with Crippen LogP contribution in [0.25, 0.3) is 0 Å². The Morgan fingerprint density at radius 2 is 1.95 bits per heavy atom. The van der Waals surface area contributed by atoms with Gasteiger partial charge in [-0.25, -0.2) is 4.39 Å². The van der Waals surface area contributed by atoms with E-state index in [1.165, 1.54) is 12.1 Å². The molecule has 108 valence electrons. The number of rotatable bonds is 5. The predicted molar refractivity (Wildman–Crippen MR) is 73.0 cm³/mol. The minimum atomic E-state index is -0.533. The molecule has 0 saturated heterocycles. The van der Waals surface area contributed by atoms with Crippen LogP contribution in [0.1, 0.15) is 15.9 Å². The van der Waals surface area contributed by atoms with Crippen LogP contribution in [0.15, 0.2) is 42.5 Å². The number of carbonyl (C=O) groups excluding carboxylic acids is 1. The molecule has 0 aromatic heterocycles. The minimum absolute atomic E-state index is 0.0446. The fraction of sp³-hybridized carbons (Fsp3) is 0.188. The van der Waals surface area contributed by atoms with Gasteiger partial charge in [0.25, 0.3) is 0 Å². The minimum Gasteiger partial charge on any atom is -0.454 e. The molecule has 0 amide bonds. The first kappa shape index (κ1) is 13.6. The molecule has 0 atom stereocenters. The van der Waals surface area contributed by atoms with E-state index in [1.807, 2.05) is 6.07 Å². The largest absolute Gasteiger partial charge is 0.454 e. The van der Waals surface area contributed by atoms with Crippen molar-refractivity contribution >= 4 is 5.78 Å². The van der Waals surface area contributed by atoms with Gasteiger partial charge in [0, 0.05) is 0 Å². The van der Waals surface area contributed by atoms with Crippen molar-refractivity contribution < 1.29 is 23.4 Å². The second kappa shape index (κ2) is 5.93. The normalized spacial score (nSPS) is 12.4. The Balaban J connectivity index is 1.57. The summed E-state index contributed by atoms with van der Waals surface area (Å²) >= 11 is 0. The maximum absolute atomic E-state index is 13.4. The lowest BCUT2D eigenvalue weighted by Gasteiger charge is -2.05. The molecule has 0 N–H and O–H groups in total. The van der Waals surface area contributed by atoms with E-state index in [-0.39, 0.29) is 31.4 Å². The van der Waals surface area contributed by atoms with Gasteiger partial charge in [-0.1, -0.05) is 18.2 Å². The van der Waals surface area contributed by atoms with E-state index in [0.717, 1.165) is 5.56 Å². The quantitative estimate of drug-likeness (QED) is 0.793. The van der Waals surface area contributed by atoms with E-state index in [2.05, 4.69) is 0 Å².